The Morgan fingerprint density at radius 2 is 1.33 bits per heavy atom. The summed E-state index contributed by atoms with van der Waals surface area (Å²) < 4.78 is 0. The molecule has 0 aromatic heterocycles. The highest BCUT2D eigenvalue weighted by Crippen LogP contribution is 2.15. The molecule has 1 aromatic carbocycles. The Hall–Kier alpha value is -2.41. The van der Waals surface area contributed by atoms with Crippen LogP contribution < -0.4 is 0 Å². The van der Waals surface area contributed by atoms with E-state index in [-0.39, 0.29) is 11.1 Å². The average molecular weight is 296 g/mol. The lowest BCUT2D eigenvalue weighted by Gasteiger charge is -2.17. The Morgan fingerprint density at radius 3 is 1.76 bits per heavy atom. The molecule has 7 heteroatoms. The SMILES string of the molecule is CC(=O)OOC(=O)c1ccccc1C(=O)OOC(C)(C)C. The first kappa shape index (κ1) is 16.6. The van der Waals surface area contributed by atoms with Crippen LogP contribution in [0.1, 0.15) is 48.4 Å². The minimum atomic E-state index is -0.992. The third-order valence-electron chi connectivity index (χ3n) is 1.97. The van der Waals surface area contributed by atoms with Crippen molar-refractivity contribution < 1.29 is 33.9 Å². The van der Waals surface area contributed by atoms with Gasteiger partial charge in [0, 0.05) is 6.92 Å². The van der Waals surface area contributed by atoms with Crippen LogP contribution in [0.25, 0.3) is 0 Å². The first-order chi connectivity index (χ1) is 9.70. The van der Waals surface area contributed by atoms with Crippen LogP contribution in [-0.2, 0) is 24.3 Å². The van der Waals surface area contributed by atoms with E-state index < -0.39 is 23.5 Å². The quantitative estimate of drug-likeness (QED) is 0.624. The number of benzene rings is 1. The first-order valence-electron chi connectivity index (χ1n) is 6.09. The first-order valence-corrected chi connectivity index (χ1v) is 6.09. The minimum Gasteiger partial charge on any atom is -0.292 e. The van der Waals surface area contributed by atoms with E-state index in [4.69, 9.17) is 4.89 Å². The summed E-state index contributed by atoms with van der Waals surface area (Å²) in [6.45, 7) is 6.16. The third-order valence-corrected chi connectivity index (χ3v) is 1.97. The van der Waals surface area contributed by atoms with E-state index in [0.29, 0.717) is 0 Å². The van der Waals surface area contributed by atoms with Crippen LogP contribution in [0, 0.1) is 0 Å². The lowest BCUT2D eigenvalue weighted by Crippen LogP contribution is -2.23. The fourth-order valence-corrected chi connectivity index (χ4v) is 1.19. The number of carbonyl (C=O) groups excluding carboxylic acids is 3. The minimum absolute atomic E-state index is 0.0705. The summed E-state index contributed by atoms with van der Waals surface area (Å²) in [6, 6.07) is 5.75. The van der Waals surface area contributed by atoms with E-state index in [1.807, 2.05) is 0 Å². The number of carbonyl (C=O) groups is 3. The second kappa shape index (κ2) is 6.85. The molecule has 0 N–H and O–H groups in total. The number of rotatable bonds is 3. The van der Waals surface area contributed by atoms with Gasteiger partial charge in [0.1, 0.15) is 5.60 Å². The van der Waals surface area contributed by atoms with Crippen LogP contribution in [0.2, 0.25) is 0 Å². The molecular weight excluding hydrogens is 280 g/mol. The molecule has 0 saturated heterocycles. The van der Waals surface area contributed by atoms with Crippen molar-refractivity contribution in [2.75, 3.05) is 0 Å². The topological polar surface area (TPSA) is 88.1 Å². The molecule has 0 heterocycles. The van der Waals surface area contributed by atoms with Gasteiger partial charge in [-0.25, -0.2) is 24.2 Å². The standard InChI is InChI=1S/C14H16O7/c1-9(15)18-19-12(16)10-7-5-6-8-11(10)13(17)20-21-14(2,3)4/h5-8H,1-4H3. The molecule has 1 aromatic rings. The van der Waals surface area contributed by atoms with Gasteiger partial charge in [-0.3, -0.25) is 4.89 Å². The van der Waals surface area contributed by atoms with Crippen LogP contribution in [0.4, 0.5) is 0 Å². The van der Waals surface area contributed by atoms with Crippen molar-refractivity contribution >= 4 is 17.9 Å². The zero-order chi connectivity index (χ0) is 16.0. The highest BCUT2D eigenvalue weighted by atomic mass is 17.2. The maximum atomic E-state index is 11.9. The Balaban J connectivity index is 2.86. The Labute approximate surface area is 121 Å². The molecule has 0 unspecified atom stereocenters. The highest BCUT2D eigenvalue weighted by molar-refractivity contribution is 6.02. The molecule has 0 bridgehead atoms. The van der Waals surface area contributed by atoms with E-state index in [1.54, 1.807) is 20.8 Å². The third kappa shape index (κ3) is 5.62. The van der Waals surface area contributed by atoms with Crippen LogP contribution in [0.5, 0.6) is 0 Å². The van der Waals surface area contributed by atoms with E-state index in [1.165, 1.54) is 24.3 Å². The van der Waals surface area contributed by atoms with Gasteiger partial charge in [0.05, 0.1) is 11.1 Å². The summed E-state index contributed by atoms with van der Waals surface area (Å²) in [5.41, 5.74) is -0.872. The summed E-state index contributed by atoms with van der Waals surface area (Å²) in [5, 5.41) is 0. The molecule has 0 aliphatic heterocycles. The molecule has 0 radical (unpaired) electrons. The van der Waals surface area contributed by atoms with Crippen molar-refractivity contribution in [1.82, 2.24) is 0 Å². The van der Waals surface area contributed by atoms with Crippen LogP contribution in [0.3, 0.4) is 0 Å². The van der Waals surface area contributed by atoms with Crippen LogP contribution in [-0.4, -0.2) is 23.5 Å². The summed E-state index contributed by atoms with van der Waals surface area (Å²) in [6.07, 6.45) is 0. The molecule has 0 aliphatic rings. The molecule has 7 nitrogen and oxygen atoms in total. The van der Waals surface area contributed by atoms with Gasteiger partial charge in [0.15, 0.2) is 0 Å². The van der Waals surface area contributed by atoms with Gasteiger partial charge in [-0.15, -0.1) is 0 Å². The van der Waals surface area contributed by atoms with E-state index >= 15 is 0 Å². The number of hydrogen-bond acceptors (Lipinski definition) is 7. The van der Waals surface area contributed by atoms with Gasteiger partial charge in [0.25, 0.3) is 0 Å². The molecule has 0 fully saturated rings. The van der Waals surface area contributed by atoms with Crippen molar-refractivity contribution in [3.05, 3.63) is 35.4 Å². The summed E-state index contributed by atoms with van der Waals surface area (Å²) in [4.78, 5) is 52.2. The molecule has 1 rings (SSSR count). The fraction of sp³-hybridized carbons (Fsp3) is 0.357. The predicted octanol–water partition coefficient (Wildman–Crippen LogP) is 2.21. The zero-order valence-corrected chi connectivity index (χ0v) is 12.2. The van der Waals surface area contributed by atoms with Crippen molar-refractivity contribution in [1.29, 1.82) is 0 Å². The fourth-order valence-electron chi connectivity index (χ4n) is 1.19. The second-order valence-electron chi connectivity index (χ2n) is 5.06. The van der Waals surface area contributed by atoms with Gasteiger partial charge < -0.3 is 0 Å². The van der Waals surface area contributed by atoms with Gasteiger partial charge in [0.2, 0.25) is 0 Å². The van der Waals surface area contributed by atoms with Crippen LogP contribution in [0.15, 0.2) is 24.3 Å². The second-order valence-corrected chi connectivity index (χ2v) is 5.06. The highest BCUT2D eigenvalue weighted by Gasteiger charge is 2.23. The average Bonchev–Trinajstić information content (AvgIpc) is 2.41. The molecular formula is C14H16O7. The molecule has 21 heavy (non-hydrogen) atoms. The lowest BCUT2D eigenvalue weighted by atomic mass is 10.1. The predicted molar refractivity (Wildman–Crippen MR) is 69.9 cm³/mol. The molecule has 0 aliphatic carbocycles. The van der Waals surface area contributed by atoms with Crippen LogP contribution >= 0.6 is 0 Å². The van der Waals surface area contributed by atoms with Crippen molar-refractivity contribution in [2.45, 2.75) is 33.3 Å². The van der Waals surface area contributed by atoms with Crippen molar-refractivity contribution in [3.8, 4) is 0 Å². The van der Waals surface area contributed by atoms with E-state index in [0.717, 1.165) is 6.92 Å². The maximum absolute atomic E-state index is 11.9. The summed E-state index contributed by atoms with van der Waals surface area (Å²) >= 11 is 0. The smallest absolute Gasteiger partial charge is 0.292 e. The molecule has 0 atom stereocenters. The van der Waals surface area contributed by atoms with Gasteiger partial charge in [-0.1, -0.05) is 12.1 Å². The largest absolute Gasteiger partial charge is 0.387 e. The Kier molecular flexibility index (Phi) is 5.43. The van der Waals surface area contributed by atoms with E-state index in [9.17, 15) is 14.4 Å². The molecule has 0 saturated carbocycles. The molecule has 0 amide bonds. The van der Waals surface area contributed by atoms with Gasteiger partial charge in [-0.05, 0) is 32.9 Å². The summed E-state index contributed by atoms with van der Waals surface area (Å²) in [7, 11) is 0. The van der Waals surface area contributed by atoms with E-state index in [2.05, 4.69) is 14.7 Å². The monoisotopic (exact) mass is 296 g/mol. The normalized spacial score (nSPS) is 10.7. The Morgan fingerprint density at radius 1 is 0.857 bits per heavy atom. The zero-order valence-electron chi connectivity index (χ0n) is 12.2. The number of hydrogen-bond donors (Lipinski definition) is 0. The van der Waals surface area contributed by atoms with Gasteiger partial charge >= 0.3 is 17.9 Å². The maximum Gasteiger partial charge on any atom is 0.387 e. The molecule has 114 valence electrons. The lowest BCUT2D eigenvalue weighted by molar-refractivity contribution is -0.301. The summed E-state index contributed by atoms with van der Waals surface area (Å²) in [5.74, 6) is -2.65. The Bertz CT molecular complexity index is 542. The van der Waals surface area contributed by atoms with Crippen molar-refractivity contribution in [2.24, 2.45) is 0 Å². The van der Waals surface area contributed by atoms with Crippen molar-refractivity contribution in [3.63, 3.8) is 0 Å². The van der Waals surface area contributed by atoms with Gasteiger partial charge in [-0.2, -0.15) is 4.89 Å². The molecule has 0 spiro atoms.